The van der Waals surface area contributed by atoms with Crippen molar-refractivity contribution in [1.82, 2.24) is 15.5 Å². The number of hydrogen-bond donors (Lipinski definition) is 2. The van der Waals surface area contributed by atoms with Crippen molar-refractivity contribution in [3.8, 4) is 5.75 Å². The Bertz CT molecular complexity index is 769. The first-order chi connectivity index (χ1) is 12.5. The number of fused-ring (bicyclic) bond motifs is 1. The number of halogens is 1. The molecule has 1 aromatic carbocycles. The number of hydrogen-bond acceptors (Lipinski definition) is 5. The Balaban J connectivity index is 1.49. The molecule has 3 atom stereocenters. The topological polar surface area (TPSA) is 87.7 Å². The van der Waals surface area contributed by atoms with Crippen LogP contribution in [0.5, 0.6) is 5.75 Å². The van der Waals surface area contributed by atoms with Crippen LogP contribution in [0.1, 0.15) is 35.2 Å². The van der Waals surface area contributed by atoms with Gasteiger partial charge in [0.05, 0.1) is 0 Å². The molecule has 3 aliphatic rings. The predicted molar refractivity (Wildman–Crippen MR) is 89.3 cm³/mol. The molecule has 0 aliphatic carbocycles. The van der Waals surface area contributed by atoms with E-state index < -0.39 is 24.2 Å². The maximum Gasteiger partial charge on any atom is 0.255 e. The van der Waals surface area contributed by atoms with Gasteiger partial charge in [0.15, 0.2) is 0 Å². The van der Waals surface area contributed by atoms with Gasteiger partial charge in [0.1, 0.15) is 24.1 Å². The molecule has 0 saturated carbocycles. The first kappa shape index (κ1) is 17.0. The summed E-state index contributed by atoms with van der Waals surface area (Å²) in [5.74, 6) is -0.470. The third kappa shape index (κ3) is 3.05. The Kier molecular flexibility index (Phi) is 4.36. The monoisotopic (exact) mass is 361 g/mol. The van der Waals surface area contributed by atoms with Crippen molar-refractivity contribution in [2.75, 3.05) is 13.1 Å². The molecule has 0 aromatic heterocycles. The SMILES string of the molecule is O=C1CCC(N2Cc3cc(O[C@H]4CNCC[C@@H]4F)ccc3C2=O)C(=O)N1. The number of carbonyl (C=O) groups excluding carboxylic acids is 3. The van der Waals surface area contributed by atoms with E-state index in [9.17, 15) is 18.8 Å². The minimum atomic E-state index is -1.02. The first-order valence-electron chi connectivity index (χ1n) is 8.82. The fourth-order valence-electron chi connectivity index (χ4n) is 3.71. The van der Waals surface area contributed by atoms with Crippen molar-refractivity contribution >= 4 is 17.7 Å². The van der Waals surface area contributed by atoms with Crippen LogP contribution in [-0.2, 0) is 16.1 Å². The van der Waals surface area contributed by atoms with E-state index in [2.05, 4.69) is 10.6 Å². The highest BCUT2D eigenvalue weighted by Gasteiger charge is 2.39. The molecule has 2 saturated heterocycles. The molecule has 0 spiro atoms. The van der Waals surface area contributed by atoms with Gasteiger partial charge in [-0.05, 0) is 43.1 Å². The summed E-state index contributed by atoms with van der Waals surface area (Å²) in [5, 5.41) is 5.38. The molecule has 26 heavy (non-hydrogen) atoms. The summed E-state index contributed by atoms with van der Waals surface area (Å²) in [6.07, 6.45) is -0.615. The highest BCUT2D eigenvalue weighted by molar-refractivity contribution is 6.05. The van der Waals surface area contributed by atoms with Gasteiger partial charge in [0.2, 0.25) is 11.8 Å². The van der Waals surface area contributed by atoms with Crippen molar-refractivity contribution < 1.29 is 23.5 Å². The molecule has 2 N–H and O–H groups in total. The number of carbonyl (C=O) groups is 3. The van der Waals surface area contributed by atoms with E-state index in [1.807, 2.05) is 0 Å². The second-order valence-electron chi connectivity index (χ2n) is 6.88. The van der Waals surface area contributed by atoms with Gasteiger partial charge in [0, 0.05) is 25.1 Å². The van der Waals surface area contributed by atoms with E-state index in [0.29, 0.717) is 37.2 Å². The quantitative estimate of drug-likeness (QED) is 0.767. The molecule has 2 fully saturated rings. The van der Waals surface area contributed by atoms with Crippen molar-refractivity contribution in [1.29, 1.82) is 0 Å². The van der Waals surface area contributed by atoms with Crippen LogP contribution in [0.4, 0.5) is 4.39 Å². The Morgan fingerprint density at radius 2 is 2.04 bits per heavy atom. The number of nitrogens with one attached hydrogen (secondary N) is 2. The van der Waals surface area contributed by atoms with Crippen LogP contribution in [0, 0.1) is 0 Å². The first-order valence-corrected chi connectivity index (χ1v) is 8.82. The van der Waals surface area contributed by atoms with Crippen LogP contribution >= 0.6 is 0 Å². The number of benzene rings is 1. The summed E-state index contributed by atoms with van der Waals surface area (Å²) < 4.78 is 19.7. The lowest BCUT2D eigenvalue weighted by atomic mass is 10.0. The molecule has 3 heterocycles. The van der Waals surface area contributed by atoms with Crippen molar-refractivity contribution in [2.45, 2.75) is 44.1 Å². The largest absolute Gasteiger partial charge is 0.486 e. The number of alkyl halides is 1. The number of imide groups is 1. The van der Waals surface area contributed by atoms with Gasteiger partial charge >= 0.3 is 0 Å². The Morgan fingerprint density at radius 1 is 1.19 bits per heavy atom. The van der Waals surface area contributed by atoms with Crippen LogP contribution in [0.2, 0.25) is 0 Å². The maximum atomic E-state index is 14.0. The average molecular weight is 361 g/mol. The van der Waals surface area contributed by atoms with Gasteiger partial charge < -0.3 is 15.0 Å². The van der Waals surface area contributed by atoms with E-state index in [1.165, 1.54) is 4.90 Å². The Labute approximate surface area is 149 Å². The molecule has 3 aliphatic heterocycles. The summed E-state index contributed by atoms with van der Waals surface area (Å²) in [6, 6.07) is 4.41. The van der Waals surface area contributed by atoms with Crippen molar-refractivity contribution in [3.05, 3.63) is 29.3 Å². The maximum absolute atomic E-state index is 14.0. The van der Waals surface area contributed by atoms with Gasteiger partial charge in [-0.15, -0.1) is 0 Å². The summed E-state index contributed by atoms with van der Waals surface area (Å²) in [4.78, 5) is 37.5. The molecule has 1 aromatic rings. The van der Waals surface area contributed by atoms with Crippen molar-refractivity contribution in [2.24, 2.45) is 0 Å². The molecule has 0 radical (unpaired) electrons. The third-order valence-electron chi connectivity index (χ3n) is 5.13. The van der Waals surface area contributed by atoms with Gasteiger partial charge in [-0.1, -0.05) is 0 Å². The molecule has 3 amide bonds. The van der Waals surface area contributed by atoms with Crippen LogP contribution < -0.4 is 15.4 Å². The summed E-state index contributed by atoms with van der Waals surface area (Å²) in [7, 11) is 0. The van der Waals surface area contributed by atoms with Crippen LogP contribution in [0.3, 0.4) is 0 Å². The van der Waals surface area contributed by atoms with E-state index in [4.69, 9.17) is 4.74 Å². The molecule has 4 rings (SSSR count). The smallest absolute Gasteiger partial charge is 0.255 e. The zero-order chi connectivity index (χ0) is 18.3. The third-order valence-corrected chi connectivity index (χ3v) is 5.13. The second kappa shape index (κ2) is 6.68. The minimum Gasteiger partial charge on any atom is -0.486 e. The van der Waals surface area contributed by atoms with E-state index in [1.54, 1.807) is 18.2 Å². The lowest BCUT2D eigenvalue weighted by molar-refractivity contribution is -0.136. The zero-order valence-electron chi connectivity index (χ0n) is 14.2. The lowest BCUT2D eigenvalue weighted by Gasteiger charge is -2.29. The molecule has 0 bridgehead atoms. The van der Waals surface area contributed by atoms with Crippen LogP contribution in [0.25, 0.3) is 0 Å². The number of ether oxygens (including phenoxy) is 1. The van der Waals surface area contributed by atoms with Gasteiger partial charge in [0.25, 0.3) is 5.91 Å². The summed E-state index contributed by atoms with van der Waals surface area (Å²) in [5.41, 5.74) is 1.26. The number of amides is 3. The standard InChI is InChI=1S/C18H20FN3O4/c19-13-5-6-20-8-15(13)26-11-1-2-12-10(7-11)9-22(18(12)25)14-3-4-16(23)21-17(14)24/h1-2,7,13-15,20H,3-6,8-9H2,(H,21,23,24)/t13-,14?,15-/m0/s1. The van der Waals surface area contributed by atoms with Crippen LogP contribution in [-0.4, -0.2) is 54.0 Å². The number of rotatable bonds is 3. The molecule has 138 valence electrons. The minimum absolute atomic E-state index is 0.220. The van der Waals surface area contributed by atoms with E-state index >= 15 is 0 Å². The Hall–Kier alpha value is -2.48. The van der Waals surface area contributed by atoms with Gasteiger partial charge in [-0.2, -0.15) is 0 Å². The number of piperidine rings is 2. The summed E-state index contributed by atoms with van der Waals surface area (Å²) >= 11 is 0. The van der Waals surface area contributed by atoms with Crippen molar-refractivity contribution in [3.63, 3.8) is 0 Å². The summed E-state index contributed by atoms with van der Waals surface area (Å²) in [6.45, 7) is 1.36. The van der Waals surface area contributed by atoms with Crippen LogP contribution in [0.15, 0.2) is 18.2 Å². The lowest BCUT2D eigenvalue weighted by Crippen LogP contribution is -2.52. The molecule has 1 unspecified atom stereocenters. The second-order valence-corrected chi connectivity index (χ2v) is 6.88. The highest BCUT2D eigenvalue weighted by atomic mass is 19.1. The molecule has 8 heteroatoms. The van der Waals surface area contributed by atoms with E-state index in [-0.39, 0.29) is 24.8 Å². The fourth-order valence-corrected chi connectivity index (χ4v) is 3.71. The highest BCUT2D eigenvalue weighted by Crippen LogP contribution is 2.31. The van der Waals surface area contributed by atoms with Gasteiger partial charge in [-0.3, -0.25) is 19.7 Å². The molecular weight excluding hydrogens is 341 g/mol. The number of nitrogens with zero attached hydrogens (tertiary/aromatic N) is 1. The van der Waals surface area contributed by atoms with Gasteiger partial charge in [-0.25, -0.2) is 4.39 Å². The predicted octanol–water partition coefficient (Wildman–Crippen LogP) is 0.526. The van der Waals surface area contributed by atoms with E-state index in [0.717, 1.165) is 5.56 Å². The molecule has 7 nitrogen and oxygen atoms in total. The molecular formula is C18H20FN3O4. The average Bonchev–Trinajstić information content (AvgIpc) is 2.93. The Morgan fingerprint density at radius 3 is 2.81 bits per heavy atom. The zero-order valence-corrected chi connectivity index (χ0v) is 14.2. The fraction of sp³-hybridized carbons (Fsp3) is 0.500. The normalized spacial score (nSPS) is 28.7.